The fraction of sp³-hybridized carbons (Fsp3) is 0. The molecule has 8 heavy (non-hydrogen) atoms. The van der Waals surface area contributed by atoms with E-state index in [1.54, 1.807) is 0 Å². The summed E-state index contributed by atoms with van der Waals surface area (Å²) in [5.74, 6) is 0. The van der Waals surface area contributed by atoms with E-state index in [9.17, 15) is 0 Å². The lowest BCUT2D eigenvalue weighted by molar-refractivity contribution is 0.220. The standard InChI is InChI=1S/2C2H4.CHClO2/c2*1-2;2-1(3)4/h2*1-2H2;(H,3,4). The van der Waals surface area contributed by atoms with E-state index in [1.807, 2.05) is 0 Å². The molecule has 1 N–H and O–H groups in total. The van der Waals surface area contributed by atoms with E-state index in [2.05, 4.69) is 37.9 Å². The van der Waals surface area contributed by atoms with Crippen molar-refractivity contribution in [1.82, 2.24) is 0 Å². The number of hydrogen-bond acceptors (Lipinski definition) is 1. The maximum absolute atomic E-state index is 8.77. The Hall–Kier alpha value is -0.760. The molecule has 0 atom stereocenters. The van der Waals surface area contributed by atoms with Gasteiger partial charge in [0.15, 0.2) is 0 Å². The highest BCUT2D eigenvalue weighted by atomic mass is 35.5. The van der Waals surface area contributed by atoms with E-state index in [1.165, 1.54) is 0 Å². The fourth-order valence-corrected chi connectivity index (χ4v) is 0. The lowest BCUT2D eigenvalue weighted by Gasteiger charge is -1.55. The molecule has 0 bridgehead atoms. The van der Waals surface area contributed by atoms with Crippen LogP contribution in [0.25, 0.3) is 0 Å². The SMILES string of the molecule is C=C.C=C.O=C(O)Cl. The zero-order chi connectivity index (χ0) is 7.58. The lowest BCUT2D eigenvalue weighted by atomic mass is 11.3. The number of rotatable bonds is 0. The van der Waals surface area contributed by atoms with Crippen molar-refractivity contribution < 1.29 is 9.90 Å². The van der Waals surface area contributed by atoms with Crippen LogP contribution in [0.1, 0.15) is 0 Å². The molecule has 0 radical (unpaired) electrons. The van der Waals surface area contributed by atoms with Crippen LogP contribution < -0.4 is 0 Å². The van der Waals surface area contributed by atoms with Crippen molar-refractivity contribution >= 4 is 17.0 Å². The molecular formula is C5H9ClO2. The Kier molecular flexibility index (Phi) is 66.9. The van der Waals surface area contributed by atoms with Gasteiger partial charge in [0.1, 0.15) is 0 Å². The van der Waals surface area contributed by atoms with Crippen LogP contribution in [0.3, 0.4) is 0 Å². The van der Waals surface area contributed by atoms with Crippen molar-refractivity contribution in [3.63, 3.8) is 0 Å². The van der Waals surface area contributed by atoms with Crippen LogP contribution in [0, 0.1) is 0 Å². The van der Waals surface area contributed by atoms with Crippen LogP contribution in [0.5, 0.6) is 0 Å². The first-order chi connectivity index (χ1) is 3.73. The molecular weight excluding hydrogens is 128 g/mol. The molecule has 2 nitrogen and oxygen atoms in total. The average Bonchev–Trinajstić information content (AvgIpc) is 1.75. The smallest absolute Gasteiger partial charge is 0.401 e. The third-order valence-corrected chi connectivity index (χ3v) is 0. The van der Waals surface area contributed by atoms with E-state index in [4.69, 9.17) is 9.90 Å². The van der Waals surface area contributed by atoms with Crippen LogP contribution in [0.4, 0.5) is 4.79 Å². The molecule has 48 valence electrons. The summed E-state index contributed by atoms with van der Waals surface area (Å²) in [5, 5.41) is 7.18. The van der Waals surface area contributed by atoms with Crippen molar-refractivity contribution in [3.8, 4) is 0 Å². The summed E-state index contributed by atoms with van der Waals surface area (Å²) in [6.45, 7) is 12.0. The van der Waals surface area contributed by atoms with Gasteiger partial charge in [-0.2, -0.15) is 0 Å². The third-order valence-electron chi connectivity index (χ3n) is 0. The fourth-order valence-electron chi connectivity index (χ4n) is 0. The quantitative estimate of drug-likeness (QED) is 0.410. The highest BCUT2D eigenvalue weighted by Gasteiger charge is 1.71. The van der Waals surface area contributed by atoms with Crippen molar-refractivity contribution in [1.29, 1.82) is 0 Å². The largest absolute Gasteiger partial charge is 0.469 e. The van der Waals surface area contributed by atoms with Crippen molar-refractivity contribution in [2.75, 3.05) is 0 Å². The second kappa shape index (κ2) is 34.1. The Balaban J connectivity index is -0.0000000542. The summed E-state index contributed by atoms with van der Waals surface area (Å²) in [4.78, 5) is 8.77. The predicted molar refractivity (Wildman–Crippen MR) is 36.4 cm³/mol. The molecule has 0 saturated heterocycles. The number of hydrogen-bond donors (Lipinski definition) is 1. The van der Waals surface area contributed by atoms with Gasteiger partial charge in [-0.3, -0.25) is 0 Å². The molecule has 0 fully saturated rings. The van der Waals surface area contributed by atoms with Crippen molar-refractivity contribution in [2.24, 2.45) is 0 Å². The summed E-state index contributed by atoms with van der Waals surface area (Å²) in [6.07, 6.45) is 0. The normalized spacial score (nSPS) is 4.12. The third kappa shape index (κ3) is 163. The van der Waals surface area contributed by atoms with Crippen LogP contribution in [0.2, 0.25) is 0 Å². The van der Waals surface area contributed by atoms with Crippen LogP contribution >= 0.6 is 11.6 Å². The van der Waals surface area contributed by atoms with Gasteiger partial charge in [-0.25, -0.2) is 4.79 Å². The number of carboxylic acid groups (broad SMARTS) is 1. The van der Waals surface area contributed by atoms with Gasteiger partial charge in [0.2, 0.25) is 0 Å². The first kappa shape index (κ1) is 15.7. The van der Waals surface area contributed by atoms with E-state index in [0.29, 0.717) is 0 Å². The molecule has 0 aromatic carbocycles. The molecule has 0 saturated carbocycles. The van der Waals surface area contributed by atoms with E-state index < -0.39 is 5.43 Å². The minimum absolute atomic E-state index is 1.36. The van der Waals surface area contributed by atoms with Crippen molar-refractivity contribution in [2.45, 2.75) is 0 Å². The van der Waals surface area contributed by atoms with Gasteiger partial charge in [0, 0.05) is 11.6 Å². The second-order valence-electron chi connectivity index (χ2n) is 0.253. The Labute approximate surface area is 54.1 Å². The van der Waals surface area contributed by atoms with Gasteiger partial charge in [-0.05, 0) is 0 Å². The van der Waals surface area contributed by atoms with Gasteiger partial charge < -0.3 is 5.11 Å². The van der Waals surface area contributed by atoms with Crippen LogP contribution in [-0.4, -0.2) is 10.5 Å². The molecule has 0 heterocycles. The maximum Gasteiger partial charge on any atom is 0.401 e. The predicted octanol–water partition coefficient (Wildman–Crippen LogP) is 2.51. The average molecular weight is 137 g/mol. The van der Waals surface area contributed by atoms with Gasteiger partial charge in [-0.15, -0.1) is 26.3 Å². The first-order valence-electron chi connectivity index (χ1n) is 1.62. The topological polar surface area (TPSA) is 37.3 Å². The summed E-state index contributed by atoms with van der Waals surface area (Å²) in [7, 11) is 0. The zero-order valence-electron chi connectivity index (χ0n) is 4.56. The Morgan fingerprint density at radius 3 is 1.25 bits per heavy atom. The van der Waals surface area contributed by atoms with Gasteiger partial charge >= 0.3 is 5.43 Å². The molecule has 0 amide bonds. The van der Waals surface area contributed by atoms with Gasteiger partial charge in [-0.1, -0.05) is 0 Å². The minimum atomic E-state index is -1.36. The molecule has 0 aliphatic carbocycles. The maximum atomic E-state index is 8.77. The Morgan fingerprint density at radius 2 is 1.25 bits per heavy atom. The van der Waals surface area contributed by atoms with E-state index >= 15 is 0 Å². The summed E-state index contributed by atoms with van der Waals surface area (Å²) in [6, 6.07) is 0. The highest BCUT2D eigenvalue weighted by molar-refractivity contribution is 6.60. The van der Waals surface area contributed by atoms with Crippen molar-refractivity contribution in [3.05, 3.63) is 26.3 Å². The molecule has 0 rings (SSSR count). The molecule has 0 aliphatic heterocycles. The molecule has 0 aliphatic rings. The lowest BCUT2D eigenvalue weighted by Crippen LogP contribution is -1.66. The van der Waals surface area contributed by atoms with Crippen LogP contribution in [-0.2, 0) is 0 Å². The monoisotopic (exact) mass is 136 g/mol. The summed E-state index contributed by atoms with van der Waals surface area (Å²) >= 11 is 4.19. The Morgan fingerprint density at radius 1 is 1.25 bits per heavy atom. The second-order valence-corrected chi connectivity index (χ2v) is 0.576. The summed E-state index contributed by atoms with van der Waals surface area (Å²) < 4.78 is 0. The van der Waals surface area contributed by atoms with Gasteiger partial charge in [0.25, 0.3) is 0 Å². The molecule has 3 heteroatoms. The molecule has 0 spiro atoms. The molecule has 0 aromatic rings. The Bertz CT molecular complexity index is 48.4. The highest BCUT2D eigenvalue weighted by Crippen LogP contribution is 1.67. The first-order valence-corrected chi connectivity index (χ1v) is 1.99. The minimum Gasteiger partial charge on any atom is -0.469 e. The summed E-state index contributed by atoms with van der Waals surface area (Å²) in [5.41, 5.74) is -1.36. The zero-order valence-corrected chi connectivity index (χ0v) is 5.32. The molecule has 0 unspecified atom stereocenters. The number of carbonyl (C=O) groups is 1. The number of halogens is 1. The van der Waals surface area contributed by atoms with Gasteiger partial charge in [0.05, 0.1) is 0 Å². The van der Waals surface area contributed by atoms with Crippen LogP contribution in [0.15, 0.2) is 26.3 Å². The van der Waals surface area contributed by atoms with E-state index in [0.717, 1.165) is 0 Å². The van der Waals surface area contributed by atoms with E-state index in [-0.39, 0.29) is 0 Å². The molecule has 0 aromatic heterocycles.